The molecule has 1 aliphatic rings. The number of anilines is 1. The quantitative estimate of drug-likeness (QED) is 0.856. The van der Waals surface area contributed by atoms with E-state index in [1.54, 1.807) is 4.68 Å². The summed E-state index contributed by atoms with van der Waals surface area (Å²) < 4.78 is 7.20. The Kier molecular flexibility index (Phi) is 3.89. The fraction of sp³-hybridized carbons (Fsp3) is 0.462. The zero-order valence-corrected chi connectivity index (χ0v) is 11.1. The number of ether oxygens (including phenoxy) is 1. The van der Waals surface area contributed by atoms with E-state index >= 15 is 0 Å². The Labute approximate surface area is 116 Å². The highest BCUT2D eigenvalue weighted by atomic mass is 16.5. The Morgan fingerprint density at radius 2 is 2.15 bits per heavy atom. The van der Waals surface area contributed by atoms with E-state index < -0.39 is 0 Å². The normalized spacial score (nSPS) is 19.9. The average Bonchev–Trinajstić information content (AvgIpc) is 2.87. The molecule has 7 heteroatoms. The van der Waals surface area contributed by atoms with Crippen molar-refractivity contribution in [2.24, 2.45) is 5.92 Å². The summed E-state index contributed by atoms with van der Waals surface area (Å²) >= 11 is 0. The highest BCUT2D eigenvalue weighted by Crippen LogP contribution is 2.18. The van der Waals surface area contributed by atoms with Crippen LogP contribution in [0.25, 0.3) is 5.69 Å². The van der Waals surface area contributed by atoms with Gasteiger partial charge in [-0.15, -0.1) is 0 Å². The Morgan fingerprint density at radius 1 is 1.30 bits per heavy atom. The molecule has 0 spiro atoms. The maximum absolute atomic E-state index is 9.35. The molecular weight excluding hydrogens is 258 g/mol. The van der Waals surface area contributed by atoms with Gasteiger partial charge in [-0.2, -0.15) is 4.68 Å². The number of tetrazole rings is 1. The summed E-state index contributed by atoms with van der Waals surface area (Å²) in [4.78, 5) is 2.06. The van der Waals surface area contributed by atoms with Crippen molar-refractivity contribution < 1.29 is 9.84 Å². The van der Waals surface area contributed by atoms with E-state index in [4.69, 9.17) is 4.74 Å². The van der Waals surface area contributed by atoms with Crippen LogP contribution in [-0.2, 0) is 4.74 Å². The highest BCUT2D eigenvalue weighted by molar-refractivity contribution is 5.40. The Balaban J connectivity index is 1.89. The summed E-state index contributed by atoms with van der Waals surface area (Å²) in [5, 5.41) is 21.3. The Bertz CT molecular complexity index is 545. The van der Waals surface area contributed by atoms with Crippen molar-refractivity contribution in [3.05, 3.63) is 30.3 Å². The molecule has 2 aromatic rings. The summed E-state index contributed by atoms with van der Waals surface area (Å²) in [6, 6.07) is 9.76. The third-order valence-electron chi connectivity index (χ3n) is 3.33. The topological polar surface area (TPSA) is 76.3 Å². The fourth-order valence-electron chi connectivity index (χ4n) is 2.29. The van der Waals surface area contributed by atoms with Crippen molar-refractivity contribution >= 4 is 5.95 Å². The van der Waals surface area contributed by atoms with E-state index in [9.17, 15) is 5.11 Å². The van der Waals surface area contributed by atoms with Gasteiger partial charge in [-0.05, 0) is 22.6 Å². The first-order valence-electron chi connectivity index (χ1n) is 6.66. The molecule has 7 nitrogen and oxygen atoms in total. The van der Waals surface area contributed by atoms with Gasteiger partial charge in [-0.1, -0.05) is 23.3 Å². The first-order chi connectivity index (χ1) is 9.88. The molecule has 0 unspecified atom stereocenters. The van der Waals surface area contributed by atoms with Crippen LogP contribution >= 0.6 is 0 Å². The van der Waals surface area contributed by atoms with Crippen LogP contribution in [0.15, 0.2) is 30.3 Å². The number of nitrogens with zero attached hydrogens (tertiary/aromatic N) is 5. The number of rotatable bonds is 3. The molecular formula is C13H17N5O2. The number of aliphatic hydroxyl groups excluding tert-OH is 1. The maximum Gasteiger partial charge on any atom is 0.250 e. The van der Waals surface area contributed by atoms with Gasteiger partial charge in [-0.25, -0.2) is 0 Å². The standard InChI is InChI=1S/C13H17N5O2/c19-9-11-8-17(6-7-20-10-11)13-14-15-16-18(13)12-4-2-1-3-5-12/h1-5,11,19H,6-10H2/t11-/m0/s1. The first-order valence-corrected chi connectivity index (χ1v) is 6.66. The van der Waals surface area contributed by atoms with Crippen LogP contribution < -0.4 is 4.90 Å². The molecule has 0 radical (unpaired) electrons. The lowest BCUT2D eigenvalue weighted by Crippen LogP contribution is -2.33. The molecule has 1 atom stereocenters. The summed E-state index contributed by atoms with van der Waals surface area (Å²) in [5.41, 5.74) is 0.915. The fourth-order valence-corrected chi connectivity index (χ4v) is 2.29. The van der Waals surface area contributed by atoms with Crippen molar-refractivity contribution in [1.29, 1.82) is 0 Å². The number of hydrogen-bond acceptors (Lipinski definition) is 6. The van der Waals surface area contributed by atoms with E-state index in [0.717, 1.165) is 5.69 Å². The largest absolute Gasteiger partial charge is 0.396 e. The molecule has 1 saturated heterocycles. The lowest BCUT2D eigenvalue weighted by atomic mass is 10.2. The second-order valence-corrected chi connectivity index (χ2v) is 4.80. The van der Waals surface area contributed by atoms with Gasteiger partial charge in [-0.3, -0.25) is 0 Å². The van der Waals surface area contributed by atoms with E-state index in [2.05, 4.69) is 20.4 Å². The summed E-state index contributed by atoms with van der Waals surface area (Å²) in [7, 11) is 0. The third kappa shape index (κ3) is 2.63. The molecule has 1 aromatic carbocycles. The monoisotopic (exact) mass is 275 g/mol. The van der Waals surface area contributed by atoms with E-state index in [-0.39, 0.29) is 12.5 Å². The van der Waals surface area contributed by atoms with Gasteiger partial charge in [0.15, 0.2) is 0 Å². The molecule has 106 valence electrons. The van der Waals surface area contributed by atoms with E-state index in [0.29, 0.717) is 32.3 Å². The zero-order valence-electron chi connectivity index (χ0n) is 11.1. The second-order valence-electron chi connectivity index (χ2n) is 4.80. The average molecular weight is 275 g/mol. The first kappa shape index (κ1) is 13.0. The third-order valence-corrected chi connectivity index (χ3v) is 3.33. The van der Waals surface area contributed by atoms with Crippen LogP contribution in [0.3, 0.4) is 0 Å². The second kappa shape index (κ2) is 5.98. The maximum atomic E-state index is 9.35. The van der Waals surface area contributed by atoms with Crippen molar-refractivity contribution in [3.8, 4) is 5.69 Å². The van der Waals surface area contributed by atoms with Gasteiger partial charge in [0.1, 0.15) is 0 Å². The van der Waals surface area contributed by atoms with Gasteiger partial charge in [0.05, 0.1) is 18.9 Å². The molecule has 0 saturated carbocycles. The molecule has 0 amide bonds. The molecule has 0 aliphatic carbocycles. The molecule has 1 aliphatic heterocycles. The molecule has 0 bridgehead atoms. The molecule has 1 aromatic heterocycles. The number of benzene rings is 1. The van der Waals surface area contributed by atoms with Gasteiger partial charge in [0.2, 0.25) is 5.95 Å². The van der Waals surface area contributed by atoms with Crippen molar-refractivity contribution in [2.45, 2.75) is 0 Å². The number of aromatic nitrogens is 4. The van der Waals surface area contributed by atoms with Crippen molar-refractivity contribution in [2.75, 3.05) is 37.8 Å². The predicted octanol–water partition coefficient (Wildman–Crippen LogP) is 0.107. The molecule has 2 heterocycles. The molecule has 3 rings (SSSR count). The Morgan fingerprint density at radius 3 is 2.95 bits per heavy atom. The van der Waals surface area contributed by atoms with E-state index in [1.807, 2.05) is 30.3 Å². The van der Waals surface area contributed by atoms with Gasteiger partial charge >= 0.3 is 0 Å². The highest BCUT2D eigenvalue weighted by Gasteiger charge is 2.22. The van der Waals surface area contributed by atoms with Gasteiger partial charge in [0, 0.05) is 25.6 Å². The molecule has 1 fully saturated rings. The number of aliphatic hydroxyl groups is 1. The Hall–Kier alpha value is -1.99. The molecule has 20 heavy (non-hydrogen) atoms. The lowest BCUT2D eigenvalue weighted by Gasteiger charge is -2.22. The SMILES string of the molecule is OC[C@H]1COCCN(c2nnnn2-c2ccccc2)C1. The van der Waals surface area contributed by atoms with Crippen LogP contribution in [0.2, 0.25) is 0 Å². The summed E-state index contributed by atoms with van der Waals surface area (Å²) in [5.74, 6) is 0.763. The van der Waals surface area contributed by atoms with Crippen LogP contribution in [0.1, 0.15) is 0 Å². The smallest absolute Gasteiger partial charge is 0.250 e. The number of hydrogen-bond donors (Lipinski definition) is 1. The van der Waals surface area contributed by atoms with Gasteiger partial charge in [0.25, 0.3) is 0 Å². The summed E-state index contributed by atoms with van der Waals surface area (Å²) in [6.45, 7) is 2.68. The van der Waals surface area contributed by atoms with Crippen LogP contribution in [-0.4, -0.2) is 58.2 Å². The van der Waals surface area contributed by atoms with Gasteiger partial charge < -0.3 is 14.7 Å². The van der Waals surface area contributed by atoms with Crippen LogP contribution in [0.4, 0.5) is 5.95 Å². The zero-order chi connectivity index (χ0) is 13.8. The predicted molar refractivity (Wildman–Crippen MR) is 72.8 cm³/mol. The van der Waals surface area contributed by atoms with Crippen LogP contribution in [0, 0.1) is 5.92 Å². The van der Waals surface area contributed by atoms with Crippen LogP contribution in [0.5, 0.6) is 0 Å². The minimum absolute atomic E-state index is 0.0819. The van der Waals surface area contributed by atoms with E-state index in [1.165, 1.54) is 0 Å². The summed E-state index contributed by atoms with van der Waals surface area (Å²) in [6.07, 6.45) is 0. The lowest BCUT2D eigenvalue weighted by molar-refractivity contribution is 0.0959. The minimum Gasteiger partial charge on any atom is -0.396 e. The molecule has 1 N–H and O–H groups in total. The van der Waals surface area contributed by atoms with Crippen molar-refractivity contribution in [1.82, 2.24) is 20.2 Å². The minimum atomic E-state index is 0.0819. The number of para-hydroxylation sites is 1. The van der Waals surface area contributed by atoms with Crippen molar-refractivity contribution in [3.63, 3.8) is 0 Å².